The molecule has 0 saturated heterocycles. The highest BCUT2D eigenvalue weighted by atomic mass is 35.5. The topological polar surface area (TPSA) is 135 Å². The molecule has 1 fully saturated rings. The second-order valence-corrected chi connectivity index (χ2v) is 11.4. The summed E-state index contributed by atoms with van der Waals surface area (Å²) in [6, 6.07) is 11.4. The molecule has 2 aromatic heterocycles. The van der Waals surface area contributed by atoms with E-state index in [2.05, 4.69) is 52.8 Å². The van der Waals surface area contributed by atoms with Gasteiger partial charge in [-0.05, 0) is 42.0 Å². The van der Waals surface area contributed by atoms with Crippen LogP contribution in [-0.4, -0.2) is 32.4 Å². The Morgan fingerprint density at radius 2 is 2.05 bits per heavy atom. The van der Waals surface area contributed by atoms with Crippen LogP contribution in [0.2, 0.25) is 5.02 Å². The van der Waals surface area contributed by atoms with Gasteiger partial charge in [0.1, 0.15) is 23.1 Å². The molecular formula is C28H28ClFN8O. The summed E-state index contributed by atoms with van der Waals surface area (Å²) in [5.74, 6) is -0.974. The Bertz CT molecular complexity index is 1620. The lowest BCUT2D eigenvalue weighted by molar-refractivity contribution is -0.122. The fourth-order valence-corrected chi connectivity index (χ4v) is 4.75. The second kappa shape index (κ2) is 9.82. The van der Waals surface area contributed by atoms with Gasteiger partial charge in [0.25, 0.3) is 0 Å². The number of hydrogen-bond acceptors (Lipinski definition) is 7. The van der Waals surface area contributed by atoms with Crippen molar-refractivity contribution in [3.8, 4) is 6.07 Å². The molecule has 0 spiro atoms. The maximum Gasteiger partial charge on any atom is 0.245 e. The van der Waals surface area contributed by atoms with Gasteiger partial charge in [-0.2, -0.15) is 5.26 Å². The number of hydrogen-bond donors (Lipinski definition) is 3. The molecular weight excluding hydrogens is 519 g/mol. The lowest BCUT2D eigenvalue weighted by Crippen LogP contribution is -2.34. The first-order chi connectivity index (χ1) is 18.5. The Balaban J connectivity index is 1.62. The number of nitrogens with two attached hydrogens (primary N) is 1. The van der Waals surface area contributed by atoms with Crippen molar-refractivity contribution in [3.05, 3.63) is 76.5 Å². The molecule has 0 unspecified atom stereocenters. The summed E-state index contributed by atoms with van der Waals surface area (Å²) < 4.78 is 16.6. The van der Waals surface area contributed by atoms with Crippen molar-refractivity contribution >= 4 is 39.8 Å². The molecule has 1 atom stereocenters. The third-order valence-corrected chi connectivity index (χ3v) is 7.14. The molecule has 4 aromatic rings. The Labute approximate surface area is 230 Å². The number of pyridine rings is 1. The number of primary amides is 1. The van der Waals surface area contributed by atoms with Gasteiger partial charge in [0.05, 0.1) is 34.7 Å². The molecule has 5 rings (SSSR count). The van der Waals surface area contributed by atoms with E-state index in [0.29, 0.717) is 63.5 Å². The molecule has 4 N–H and O–H groups in total. The number of rotatable bonds is 8. The summed E-state index contributed by atoms with van der Waals surface area (Å²) in [4.78, 5) is 16.6. The highest BCUT2D eigenvalue weighted by Gasteiger charge is 2.52. The Morgan fingerprint density at radius 3 is 2.69 bits per heavy atom. The molecule has 2 aromatic carbocycles. The summed E-state index contributed by atoms with van der Waals surface area (Å²) in [6.07, 6.45) is 4.30. The van der Waals surface area contributed by atoms with Crippen molar-refractivity contribution < 1.29 is 9.18 Å². The van der Waals surface area contributed by atoms with Crippen LogP contribution in [0.15, 0.2) is 48.8 Å². The number of amides is 1. The van der Waals surface area contributed by atoms with Crippen molar-refractivity contribution in [1.82, 2.24) is 20.0 Å². The lowest BCUT2D eigenvalue weighted by atomic mass is 9.96. The maximum absolute atomic E-state index is 15.1. The maximum atomic E-state index is 15.1. The van der Waals surface area contributed by atoms with E-state index in [-0.39, 0.29) is 5.41 Å². The number of carbonyl (C=O) groups is 1. The third-order valence-electron chi connectivity index (χ3n) is 6.80. The van der Waals surface area contributed by atoms with Crippen molar-refractivity contribution in [2.45, 2.75) is 45.2 Å². The molecule has 200 valence electrons. The molecule has 1 aliphatic rings. The van der Waals surface area contributed by atoms with Crippen LogP contribution >= 0.6 is 11.6 Å². The van der Waals surface area contributed by atoms with Crippen LogP contribution in [0.3, 0.4) is 0 Å². The van der Waals surface area contributed by atoms with Gasteiger partial charge < -0.3 is 16.4 Å². The standard InChI is InChI=1S/C28H28ClFN8O/c1-27(2,3)15-34-23-16(12-31)13-33-24-19(23)10-17(30)11-21(24)35-25(18-6-4-5-7-20(18)29)22-14-38(37-36-22)28(8-9-28)26(32)39/h4-7,10-11,13-14,25,35H,8-9,15H2,1-3H3,(H2,32,39)(H,33,34)/t25-/m0/s1. The SMILES string of the molecule is CC(C)(C)CNc1c(C#N)cnc2c(N[C@H](c3cn(C4(C(N)=O)CC4)nn3)c3ccccc3Cl)cc(F)cc12. The molecule has 0 radical (unpaired) electrons. The normalized spacial score (nSPS) is 15.0. The van der Waals surface area contributed by atoms with Gasteiger partial charge in [-0.15, -0.1) is 5.10 Å². The number of benzene rings is 2. The summed E-state index contributed by atoms with van der Waals surface area (Å²) in [6.45, 7) is 6.75. The monoisotopic (exact) mass is 546 g/mol. The average molecular weight is 547 g/mol. The van der Waals surface area contributed by atoms with Crippen LogP contribution < -0.4 is 16.4 Å². The van der Waals surface area contributed by atoms with E-state index >= 15 is 4.39 Å². The van der Waals surface area contributed by atoms with Crippen LogP contribution in [0.25, 0.3) is 10.9 Å². The van der Waals surface area contributed by atoms with E-state index in [1.807, 2.05) is 18.2 Å². The average Bonchev–Trinajstić information content (AvgIpc) is 3.56. The number of aromatic nitrogens is 4. The molecule has 11 heteroatoms. The Hall–Kier alpha value is -4.23. The minimum atomic E-state index is -0.884. The minimum absolute atomic E-state index is 0.0818. The fourth-order valence-electron chi connectivity index (χ4n) is 4.51. The molecule has 0 aliphatic heterocycles. The largest absolute Gasteiger partial charge is 0.383 e. The van der Waals surface area contributed by atoms with Gasteiger partial charge >= 0.3 is 0 Å². The quantitative estimate of drug-likeness (QED) is 0.279. The number of fused-ring (bicyclic) bond motifs is 1. The van der Waals surface area contributed by atoms with Crippen LogP contribution in [0.5, 0.6) is 0 Å². The Kier molecular flexibility index (Phi) is 6.64. The highest BCUT2D eigenvalue weighted by Crippen LogP contribution is 2.43. The smallest absolute Gasteiger partial charge is 0.245 e. The number of anilines is 2. The van der Waals surface area contributed by atoms with Gasteiger partial charge in [0.15, 0.2) is 0 Å². The first-order valence-electron chi connectivity index (χ1n) is 12.5. The molecule has 1 aliphatic carbocycles. The fraction of sp³-hybridized carbons (Fsp3) is 0.321. The van der Waals surface area contributed by atoms with E-state index in [9.17, 15) is 10.1 Å². The van der Waals surface area contributed by atoms with Crippen LogP contribution in [0.1, 0.15) is 56.5 Å². The van der Waals surface area contributed by atoms with Crippen LogP contribution in [0.4, 0.5) is 15.8 Å². The first-order valence-corrected chi connectivity index (χ1v) is 12.9. The molecule has 0 bridgehead atoms. The first kappa shape index (κ1) is 26.4. The van der Waals surface area contributed by atoms with Gasteiger partial charge in [-0.3, -0.25) is 9.78 Å². The highest BCUT2D eigenvalue weighted by molar-refractivity contribution is 6.31. The molecule has 1 amide bonds. The van der Waals surface area contributed by atoms with Crippen molar-refractivity contribution in [1.29, 1.82) is 5.26 Å². The molecule has 39 heavy (non-hydrogen) atoms. The number of nitriles is 1. The lowest BCUT2D eigenvalue weighted by Gasteiger charge is -2.23. The summed E-state index contributed by atoms with van der Waals surface area (Å²) >= 11 is 6.59. The van der Waals surface area contributed by atoms with Crippen molar-refractivity contribution in [2.24, 2.45) is 11.1 Å². The van der Waals surface area contributed by atoms with E-state index in [4.69, 9.17) is 17.3 Å². The predicted molar refractivity (Wildman–Crippen MR) is 148 cm³/mol. The Morgan fingerprint density at radius 1 is 1.31 bits per heavy atom. The minimum Gasteiger partial charge on any atom is -0.383 e. The number of nitrogens with zero attached hydrogens (tertiary/aromatic N) is 5. The van der Waals surface area contributed by atoms with E-state index in [1.165, 1.54) is 23.0 Å². The van der Waals surface area contributed by atoms with E-state index in [1.54, 1.807) is 12.3 Å². The number of halogens is 2. The van der Waals surface area contributed by atoms with Gasteiger partial charge in [-0.25, -0.2) is 9.07 Å². The molecule has 1 saturated carbocycles. The number of nitrogens with one attached hydrogen (secondary N) is 2. The zero-order valence-corrected chi connectivity index (χ0v) is 22.6. The van der Waals surface area contributed by atoms with Crippen molar-refractivity contribution in [2.75, 3.05) is 17.2 Å². The second-order valence-electron chi connectivity index (χ2n) is 11.0. The van der Waals surface area contributed by atoms with Gasteiger partial charge in [-0.1, -0.05) is 55.8 Å². The van der Waals surface area contributed by atoms with Crippen LogP contribution in [-0.2, 0) is 10.3 Å². The van der Waals surface area contributed by atoms with Gasteiger partial charge in [0, 0.05) is 23.2 Å². The summed E-state index contributed by atoms with van der Waals surface area (Å²) in [5, 5.41) is 25.9. The zero-order chi connectivity index (χ0) is 27.9. The van der Waals surface area contributed by atoms with Gasteiger partial charge in [0.2, 0.25) is 5.91 Å². The molecule has 9 nitrogen and oxygen atoms in total. The predicted octanol–water partition coefficient (Wildman–Crippen LogP) is 5.12. The van der Waals surface area contributed by atoms with Crippen molar-refractivity contribution in [3.63, 3.8) is 0 Å². The zero-order valence-electron chi connectivity index (χ0n) is 21.8. The molecule has 2 heterocycles. The summed E-state index contributed by atoms with van der Waals surface area (Å²) in [5.41, 5.74) is 7.48. The third kappa shape index (κ3) is 5.10. The van der Waals surface area contributed by atoms with E-state index in [0.717, 1.165) is 0 Å². The van der Waals surface area contributed by atoms with E-state index < -0.39 is 23.3 Å². The summed E-state index contributed by atoms with van der Waals surface area (Å²) in [7, 11) is 0. The van der Waals surface area contributed by atoms with Crippen LogP contribution in [0, 0.1) is 22.6 Å². The number of carbonyl (C=O) groups excluding carboxylic acids is 1.